The number of aliphatic hydroxyl groups excluding tert-OH is 1. The van der Waals surface area contributed by atoms with Gasteiger partial charge in [0, 0.05) is 19.7 Å². The van der Waals surface area contributed by atoms with E-state index in [1.807, 2.05) is 6.92 Å². The Hall–Kier alpha value is -0.770. The zero-order valence-electron chi connectivity index (χ0n) is 6.35. The molecule has 0 spiro atoms. The minimum absolute atomic E-state index is 0.0324. The maximum absolute atomic E-state index is 10.6. The third kappa shape index (κ3) is 4.14. The van der Waals surface area contributed by atoms with Crippen LogP contribution in [0.4, 0.5) is 4.79 Å². The van der Waals surface area contributed by atoms with Crippen LogP contribution in [-0.4, -0.2) is 30.8 Å². The second kappa shape index (κ2) is 5.05. The van der Waals surface area contributed by atoms with Crippen molar-refractivity contribution in [3.63, 3.8) is 0 Å². The second-order valence-electron chi connectivity index (χ2n) is 2.14. The smallest absolute Gasteiger partial charge is 0.314 e. The fraction of sp³-hybridized carbons (Fsp3) is 0.833. The summed E-state index contributed by atoms with van der Waals surface area (Å²) in [4.78, 5) is 10.6. The lowest BCUT2D eigenvalue weighted by molar-refractivity contribution is 0.233. The van der Waals surface area contributed by atoms with Gasteiger partial charge in [0.05, 0.1) is 0 Å². The van der Waals surface area contributed by atoms with E-state index in [2.05, 4.69) is 10.6 Å². The Labute approximate surface area is 60.6 Å². The summed E-state index contributed by atoms with van der Waals surface area (Å²) < 4.78 is 0. The predicted octanol–water partition coefficient (Wildman–Crippen LogP) is -0.314. The first kappa shape index (κ1) is 9.23. The van der Waals surface area contributed by atoms with Crippen LogP contribution in [0.3, 0.4) is 0 Å². The summed E-state index contributed by atoms with van der Waals surface area (Å²) in [7, 11) is 1.56. The lowest BCUT2D eigenvalue weighted by atomic mass is 10.2. The third-order valence-electron chi connectivity index (χ3n) is 1.17. The Balaban J connectivity index is 3.37. The van der Waals surface area contributed by atoms with Crippen molar-refractivity contribution in [3.05, 3.63) is 0 Å². The number of nitrogens with one attached hydrogen (secondary N) is 2. The van der Waals surface area contributed by atoms with Gasteiger partial charge < -0.3 is 15.7 Å². The summed E-state index contributed by atoms with van der Waals surface area (Å²) in [6.45, 7) is 1.94. The van der Waals surface area contributed by atoms with Crippen molar-refractivity contribution in [2.75, 3.05) is 13.7 Å². The van der Waals surface area contributed by atoms with Crippen LogP contribution in [0.5, 0.6) is 0 Å². The van der Waals surface area contributed by atoms with Gasteiger partial charge in [-0.2, -0.15) is 0 Å². The third-order valence-corrected chi connectivity index (χ3v) is 1.17. The maximum Gasteiger partial charge on any atom is 0.314 e. The van der Waals surface area contributed by atoms with Gasteiger partial charge in [-0.25, -0.2) is 4.79 Å². The van der Waals surface area contributed by atoms with Gasteiger partial charge >= 0.3 is 6.03 Å². The highest BCUT2D eigenvalue weighted by molar-refractivity contribution is 5.73. The Kier molecular flexibility index (Phi) is 4.66. The molecule has 0 aromatic carbocycles. The first-order valence-corrected chi connectivity index (χ1v) is 3.29. The summed E-state index contributed by atoms with van der Waals surface area (Å²) in [5.74, 6) is 0. The highest BCUT2D eigenvalue weighted by Crippen LogP contribution is 1.86. The average molecular weight is 146 g/mol. The standard InChI is InChI=1S/C6H14N2O2/c1-5(3-4-9)8-6(10)7-2/h5,9H,3-4H2,1-2H3,(H2,7,8,10). The molecule has 4 nitrogen and oxygen atoms in total. The van der Waals surface area contributed by atoms with Crippen molar-refractivity contribution in [3.8, 4) is 0 Å². The first-order valence-electron chi connectivity index (χ1n) is 3.29. The Morgan fingerprint density at radius 2 is 2.30 bits per heavy atom. The molecule has 3 N–H and O–H groups in total. The van der Waals surface area contributed by atoms with Crippen molar-refractivity contribution in [2.24, 2.45) is 0 Å². The molecular formula is C6H14N2O2. The fourth-order valence-corrected chi connectivity index (χ4v) is 0.562. The molecule has 0 bridgehead atoms. The molecule has 0 saturated carbocycles. The van der Waals surface area contributed by atoms with Crippen LogP contribution in [0, 0.1) is 0 Å². The summed E-state index contributed by atoms with van der Waals surface area (Å²) >= 11 is 0. The molecule has 0 fully saturated rings. The molecular weight excluding hydrogens is 132 g/mol. The zero-order valence-corrected chi connectivity index (χ0v) is 6.35. The van der Waals surface area contributed by atoms with Crippen LogP contribution in [0.15, 0.2) is 0 Å². The van der Waals surface area contributed by atoms with E-state index in [9.17, 15) is 4.79 Å². The zero-order chi connectivity index (χ0) is 7.98. The largest absolute Gasteiger partial charge is 0.396 e. The molecule has 10 heavy (non-hydrogen) atoms. The van der Waals surface area contributed by atoms with E-state index in [4.69, 9.17) is 5.11 Å². The Morgan fingerprint density at radius 3 is 2.70 bits per heavy atom. The second-order valence-corrected chi connectivity index (χ2v) is 2.14. The number of rotatable bonds is 3. The number of urea groups is 1. The highest BCUT2D eigenvalue weighted by atomic mass is 16.3. The predicted molar refractivity (Wildman–Crippen MR) is 38.8 cm³/mol. The van der Waals surface area contributed by atoms with E-state index < -0.39 is 0 Å². The van der Waals surface area contributed by atoms with Crippen LogP contribution < -0.4 is 10.6 Å². The molecule has 0 rings (SSSR count). The number of carbonyl (C=O) groups is 1. The van der Waals surface area contributed by atoms with Gasteiger partial charge in [0.1, 0.15) is 0 Å². The molecule has 0 aliphatic rings. The van der Waals surface area contributed by atoms with Gasteiger partial charge in [-0.3, -0.25) is 0 Å². The first-order chi connectivity index (χ1) is 4.70. The molecule has 0 aromatic heterocycles. The molecule has 0 heterocycles. The summed E-state index contributed by atoms with van der Waals surface area (Å²) in [5.41, 5.74) is 0. The highest BCUT2D eigenvalue weighted by Gasteiger charge is 2.02. The monoisotopic (exact) mass is 146 g/mol. The topological polar surface area (TPSA) is 61.4 Å². The molecule has 60 valence electrons. The van der Waals surface area contributed by atoms with Gasteiger partial charge in [0.25, 0.3) is 0 Å². The van der Waals surface area contributed by atoms with Crippen LogP contribution in [0.25, 0.3) is 0 Å². The van der Waals surface area contributed by atoms with Crippen LogP contribution >= 0.6 is 0 Å². The van der Waals surface area contributed by atoms with Gasteiger partial charge in [-0.15, -0.1) is 0 Å². The van der Waals surface area contributed by atoms with E-state index in [1.165, 1.54) is 0 Å². The van der Waals surface area contributed by atoms with E-state index in [1.54, 1.807) is 7.05 Å². The van der Waals surface area contributed by atoms with E-state index >= 15 is 0 Å². The maximum atomic E-state index is 10.6. The SMILES string of the molecule is CNC(=O)NC(C)CCO. The van der Waals surface area contributed by atoms with Crippen molar-refractivity contribution in [2.45, 2.75) is 19.4 Å². The summed E-state index contributed by atoms with van der Waals surface area (Å²) in [6.07, 6.45) is 0.591. The van der Waals surface area contributed by atoms with Crippen molar-refractivity contribution < 1.29 is 9.90 Å². The van der Waals surface area contributed by atoms with Gasteiger partial charge in [-0.1, -0.05) is 0 Å². The van der Waals surface area contributed by atoms with E-state index in [0.29, 0.717) is 6.42 Å². The molecule has 1 unspecified atom stereocenters. The number of hydrogen-bond donors (Lipinski definition) is 3. The minimum atomic E-state index is -0.207. The molecule has 0 radical (unpaired) electrons. The van der Waals surface area contributed by atoms with Gasteiger partial charge in [0.15, 0.2) is 0 Å². The summed E-state index contributed by atoms with van der Waals surface area (Å²) in [5, 5.41) is 13.5. The van der Waals surface area contributed by atoms with Crippen LogP contribution in [0.2, 0.25) is 0 Å². The van der Waals surface area contributed by atoms with Crippen molar-refractivity contribution in [1.82, 2.24) is 10.6 Å². The van der Waals surface area contributed by atoms with Gasteiger partial charge in [0.2, 0.25) is 0 Å². The number of amides is 2. The minimum Gasteiger partial charge on any atom is -0.396 e. The molecule has 2 amide bonds. The fourth-order valence-electron chi connectivity index (χ4n) is 0.562. The quantitative estimate of drug-likeness (QED) is 0.511. The lowest BCUT2D eigenvalue weighted by Crippen LogP contribution is -2.39. The normalized spacial score (nSPS) is 12.3. The van der Waals surface area contributed by atoms with Gasteiger partial charge in [-0.05, 0) is 13.3 Å². The summed E-state index contributed by atoms with van der Waals surface area (Å²) in [6, 6.07) is -0.175. The van der Waals surface area contributed by atoms with Crippen molar-refractivity contribution in [1.29, 1.82) is 0 Å². The number of aliphatic hydroxyl groups is 1. The van der Waals surface area contributed by atoms with E-state index in [-0.39, 0.29) is 18.7 Å². The molecule has 0 saturated heterocycles. The molecule has 0 aromatic rings. The number of carbonyl (C=O) groups excluding carboxylic acids is 1. The molecule has 0 aliphatic carbocycles. The number of hydrogen-bond acceptors (Lipinski definition) is 2. The van der Waals surface area contributed by atoms with E-state index in [0.717, 1.165) is 0 Å². The van der Waals surface area contributed by atoms with Crippen LogP contribution in [-0.2, 0) is 0 Å². The Bertz CT molecular complexity index is 106. The van der Waals surface area contributed by atoms with Crippen molar-refractivity contribution >= 4 is 6.03 Å². The van der Waals surface area contributed by atoms with Crippen LogP contribution in [0.1, 0.15) is 13.3 Å². The lowest BCUT2D eigenvalue weighted by Gasteiger charge is -2.10. The molecule has 4 heteroatoms. The average Bonchev–Trinajstić information content (AvgIpc) is 1.88. The molecule has 0 aliphatic heterocycles. The Morgan fingerprint density at radius 1 is 1.70 bits per heavy atom. The molecule has 1 atom stereocenters.